The van der Waals surface area contributed by atoms with E-state index in [1.165, 1.54) is 11.8 Å². The molecule has 0 aliphatic carbocycles. The van der Waals surface area contributed by atoms with E-state index in [1.54, 1.807) is 0 Å². The van der Waals surface area contributed by atoms with Gasteiger partial charge in [-0.1, -0.05) is 41.6 Å². The number of rotatable bonds is 7. The number of aromatic nitrogens is 4. The number of carbonyl (C=O) groups excluding carboxylic acids is 1. The average molecular weight is 390 g/mol. The lowest BCUT2D eigenvalue weighted by molar-refractivity contribution is -0.118. The standard InChI is InChI=1S/C18H20ClN5OS/c1-23-9-5-7-14(23)10-16-21-22-18(24(16)2)26-12-17(25)20-11-13-6-3-4-8-15(13)19/h3-9H,10-12H2,1-2H3,(H,20,25). The molecule has 136 valence electrons. The molecule has 0 atom stereocenters. The van der Waals surface area contributed by atoms with E-state index in [2.05, 4.69) is 26.1 Å². The minimum atomic E-state index is -0.0677. The van der Waals surface area contributed by atoms with Gasteiger partial charge in [-0.05, 0) is 23.8 Å². The highest BCUT2D eigenvalue weighted by atomic mass is 35.5. The molecule has 0 aliphatic heterocycles. The monoisotopic (exact) mass is 389 g/mol. The van der Waals surface area contributed by atoms with E-state index in [0.717, 1.165) is 22.2 Å². The average Bonchev–Trinajstić information content (AvgIpc) is 3.19. The van der Waals surface area contributed by atoms with Gasteiger partial charge in [-0.15, -0.1) is 10.2 Å². The maximum Gasteiger partial charge on any atom is 0.230 e. The van der Waals surface area contributed by atoms with Gasteiger partial charge >= 0.3 is 0 Å². The molecule has 0 unspecified atom stereocenters. The summed E-state index contributed by atoms with van der Waals surface area (Å²) in [6, 6.07) is 11.5. The van der Waals surface area contributed by atoms with Crippen molar-refractivity contribution >= 4 is 29.3 Å². The Hall–Kier alpha value is -2.25. The Morgan fingerprint density at radius 3 is 2.73 bits per heavy atom. The maximum absolute atomic E-state index is 12.1. The third-order valence-corrected chi connectivity index (χ3v) is 5.47. The minimum absolute atomic E-state index is 0.0677. The van der Waals surface area contributed by atoms with Crippen LogP contribution in [-0.2, 0) is 31.9 Å². The van der Waals surface area contributed by atoms with Gasteiger partial charge in [-0.25, -0.2) is 0 Å². The van der Waals surface area contributed by atoms with Crippen molar-refractivity contribution in [2.75, 3.05) is 5.75 Å². The lowest BCUT2D eigenvalue weighted by Gasteiger charge is -2.07. The predicted octanol–water partition coefficient (Wildman–Crippen LogP) is 2.81. The largest absolute Gasteiger partial charge is 0.354 e. The Labute approximate surface area is 161 Å². The molecule has 1 amide bonds. The number of carbonyl (C=O) groups is 1. The van der Waals surface area contributed by atoms with Crippen LogP contribution in [-0.4, -0.2) is 31.0 Å². The van der Waals surface area contributed by atoms with E-state index in [-0.39, 0.29) is 11.7 Å². The van der Waals surface area contributed by atoms with Crippen LogP contribution in [0.3, 0.4) is 0 Å². The number of hydrogen-bond acceptors (Lipinski definition) is 4. The fraction of sp³-hybridized carbons (Fsp3) is 0.278. The molecular weight excluding hydrogens is 370 g/mol. The van der Waals surface area contributed by atoms with E-state index in [4.69, 9.17) is 11.6 Å². The molecule has 0 bridgehead atoms. The fourth-order valence-electron chi connectivity index (χ4n) is 2.48. The van der Waals surface area contributed by atoms with Crippen molar-refractivity contribution < 1.29 is 4.79 Å². The zero-order valence-electron chi connectivity index (χ0n) is 14.6. The lowest BCUT2D eigenvalue weighted by Crippen LogP contribution is -2.24. The molecule has 3 aromatic rings. The Balaban J connectivity index is 1.52. The predicted molar refractivity (Wildman–Crippen MR) is 103 cm³/mol. The van der Waals surface area contributed by atoms with E-state index >= 15 is 0 Å². The molecule has 0 saturated carbocycles. The molecule has 0 radical (unpaired) electrons. The number of amides is 1. The van der Waals surface area contributed by atoms with Crippen molar-refractivity contribution in [1.82, 2.24) is 24.6 Å². The first-order valence-electron chi connectivity index (χ1n) is 8.16. The second-order valence-corrected chi connectivity index (χ2v) is 7.25. The van der Waals surface area contributed by atoms with Gasteiger partial charge in [0.2, 0.25) is 5.91 Å². The normalized spacial score (nSPS) is 10.9. The van der Waals surface area contributed by atoms with E-state index in [9.17, 15) is 4.79 Å². The summed E-state index contributed by atoms with van der Waals surface area (Å²) in [5.41, 5.74) is 2.06. The highest BCUT2D eigenvalue weighted by Crippen LogP contribution is 2.18. The Bertz CT molecular complexity index is 905. The quantitative estimate of drug-likeness (QED) is 0.631. The number of benzene rings is 1. The summed E-state index contributed by atoms with van der Waals surface area (Å²) in [4.78, 5) is 12.1. The minimum Gasteiger partial charge on any atom is -0.354 e. The molecule has 26 heavy (non-hydrogen) atoms. The first-order valence-corrected chi connectivity index (χ1v) is 9.52. The van der Waals surface area contributed by atoms with Gasteiger partial charge in [0.1, 0.15) is 5.82 Å². The van der Waals surface area contributed by atoms with Gasteiger partial charge in [-0.3, -0.25) is 4.79 Å². The van der Waals surface area contributed by atoms with Crippen LogP contribution in [0, 0.1) is 0 Å². The van der Waals surface area contributed by atoms with Crippen LogP contribution in [0.25, 0.3) is 0 Å². The van der Waals surface area contributed by atoms with Crippen LogP contribution in [0.2, 0.25) is 5.02 Å². The summed E-state index contributed by atoms with van der Waals surface area (Å²) >= 11 is 7.46. The summed E-state index contributed by atoms with van der Waals surface area (Å²) in [6.07, 6.45) is 2.71. The van der Waals surface area contributed by atoms with E-state index < -0.39 is 0 Å². The first-order chi connectivity index (χ1) is 12.5. The molecule has 2 aromatic heterocycles. The van der Waals surface area contributed by atoms with Gasteiger partial charge in [-0.2, -0.15) is 0 Å². The summed E-state index contributed by atoms with van der Waals surface area (Å²) in [7, 11) is 3.92. The highest BCUT2D eigenvalue weighted by Gasteiger charge is 2.13. The van der Waals surface area contributed by atoms with Crippen LogP contribution in [0.15, 0.2) is 47.8 Å². The molecule has 0 saturated heterocycles. The molecule has 8 heteroatoms. The molecular formula is C18H20ClN5OS. The van der Waals surface area contributed by atoms with E-state index in [1.807, 2.05) is 55.2 Å². The zero-order chi connectivity index (χ0) is 18.5. The van der Waals surface area contributed by atoms with Crippen molar-refractivity contribution in [3.05, 3.63) is 64.7 Å². The zero-order valence-corrected chi connectivity index (χ0v) is 16.2. The second-order valence-electron chi connectivity index (χ2n) is 5.90. The second kappa shape index (κ2) is 8.42. The van der Waals surface area contributed by atoms with Crippen LogP contribution < -0.4 is 5.32 Å². The van der Waals surface area contributed by atoms with Crippen LogP contribution >= 0.6 is 23.4 Å². The summed E-state index contributed by atoms with van der Waals surface area (Å²) in [5.74, 6) is 1.08. The van der Waals surface area contributed by atoms with Crippen molar-refractivity contribution in [2.45, 2.75) is 18.1 Å². The first kappa shape index (κ1) is 18.5. The molecule has 3 rings (SSSR count). The Kier molecular flexibility index (Phi) is 6.00. The lowest BCUT2D eigenvalue weighted by atomic mass is 10.2. The smallest absolute Gasteiger partial charge is 0.230 e. The molecule has 6 nitrogen and oxygen atoms in total. The third kappa shape index (κ3) is 4.47. The van der Waals surface area contributed by atoms with Crippen LogP contribution in [0.5, 0.6) is 0 Å². The Morgan fingerprint density at radius 1 is 1.19 bits per heavy atom. The maximum atomic E-state index is 12.1. The third-order valence-electron chi connectivity index (χ3n) is 4.08. The van der Waals surface area contributed by atoms with Crippen molar-refractivity contribution in [3.63, 3.8) is 0 Å². The summed E-state index contributed by atoms with van der Waals surface area (Å²) < 4.78 is 3.99. The number of hydrogen-bond donors (Lipinski definition) is 1. The van der Waals surface area contributed by atoms with Crippen molar-refractivity contribution in [3.8, 4) is 0 Å². The van der Waals surface area contributed by atoms with E-state index in [0.29, 0.717) is 18.0 Å². The van der Waals surface area contributed by atoms with Crippen molar-refractivity contribution in [2.24, 2.45) is 14.1 Å². The number of halogens is 1. The van der Waals surface area contributed by atoms with Gasteiger partial charge in [0.25, 0.3) is 0 Å². The summed E-state index contributed by atoms with van der Waals surface area (Å²) in [5, 5.41) is 12.7. The van der Waals surface area contributed by atoms with Gasteiger partial charge in [0.05, 0.1) is 5.75 Å². The number of thioether (sulfide) groups is 1. The number of aryl methyl sites for hydroxylation is 1. The summed E-state index contributed by atoms with van der Waals surface area (Å²) in [6.45, 7) is 0.413. The fourth-order valence-corrected chi connectivity index (χ4v) is 3.45. The molecule has 0 spiro atoms. The topological polar surface area (TPSA) is 64.7 Å². The molecule has 1 aromatic carbocycles. The Morgan fingerprint density at radius 2 is 2.00 bits per heavy atom. The highest BCUT2D eigenvalue weighted by molar-refractivity contribution is 7.99. The number of nitrogens with zero attached hydrogens (tertiary/aromatic N) is 4. The van der Waals surface area contributed by atoms with Crippen LogP contribution in [0.1, 0.15) is 17.1 Å². The SMILES string of the molecule is Cn1cccc1Cc1nnc(SCC(=O)NCc2ccccc2Cl)n1C. The molecule has 0 fully saturated rings. The molecule has 2 heterocycles. The number of nitrogens with one attached hydrogen (secondary N) is 1. The van der Waals surface area contributed by atoms with Gasteiger partial charge in [0.15, 0.2) is 5.16 Å². The van der Waals surface area contributed by atoms with Gasteiger partial charge in [0, 0.05) is 44.0 Å². The van der Waals surface area contributed by atoms with Gasteiger partial charge < -0.3 is 14.5 Å². The molecule has 1 N–H and O–H groups in total. The molecule has 0 aliphatic rings. The van der Waals surface area contributed by atoms with Crippen molar-refractivity contribution in [1.29, 1.82) is 0 Å². The van der Waals surface area contributed by atoms with Crippen LogP contribution in [0.4, 0.5) is 0 Å².